The number of hydrogen-bond donors (Lipinski definition) is 0. The molecular formula is C26H33N. The highest BCUT2D eigenvalue weighted by Crippen LogP contribution is 2.34. The Morgan fingerprint density at radius 2 is 1.07 bits per heavy atom. The quantitative estimate of drug-likeness (QED) is 0.455. The second kappa shape index (κ2) is 9.41. The van der Waals surface area contributed by atoms with Crippen molar-refractivity contribution in [2.45, 2.75) is 48.0 Å². The molecule has 3 aromatic rings. The van der Waals surface area contributed by atoms with Crippen LogP contribution in [-0.4, -0.2) is 0 Å². The van der Waals surface area contributed by atoms with Crippen molar-refractivity contribution in [2.75, 3.05) is 4.90 Å². The second-order valence-corrected chi connectivity index (χ2v) is 7.91. The Balaban J connectivity index is 0.00000126. The van der Waals surface area contributed by atoms with Crippen LogP contribution in [0.4, 0.5) is 17.1 Å². The SMILES string of the molecule is CC.Cc1ccc(N(c2ccccc2)c2ccc(CC(C)(C)C)cc2)cc1. The van der Waals surface area contributed by atoms with Crippen LogP contribution in [0.15, 0.2) is 78.9 Å². The molecule has 0 N–H and O–H groups in total. The van der Waals surface area contributed by atoms with E-state index in [-0.39, 0.29) is 0 Å². The zero-order valence-electron chi connectivity index (χ0n) is 17.7. The lowest BCUT2D eigenvalue weighted by atomic mass is 9.88. The molecule has 27 heavy (non-hydrogen) atoms. The summed E-state index contributed by atoms with van der Waals surface area (Å²) in [5.74, 6) is 0. The molecule has 0 amide bonds. The third kappa shape index (κ3) is 5.99. The molecule has 0 spiro atoms. The van der Waals surface area contributed by atoms with E-state index in [0.717, 1.165) is 6.42 Å². The molecule has 0 atom stereocenters. The van der Waals surface area contributed by atoms with E-state index in [4.69, 9.17) is 0 Å². The van der Waals surface area contributed by atoms with Crippen molar-refractivity contribution in [3.05, 3.63) is 90.0 Å². The Bertz CT molecular complexity index is 794. The number of rotatable bonds is 4. The summed E-state index contributed by atoms with van der Waals surface area (Å²) in [5.41, 5.74) is 6.51. The van der Waals surface area contributed by atoms with Gasteiger partial charge in [0.1, 0.15) is 0 Å². The lowest BCUT2D eigenvalue weighted by Crippen LogP contribution is -2.11. The van der Waals surface area contributed by atoms with Gasteiger partial charge in [-0.1, -0.05) is 82.6 Å². The molecule has 1 nitrogen and oxygen atoms in total. The van der Waals surface area contributed by atoms with Gasteiger partial charge in [0.25, 0.3) is 0 Å². The van der Waals surface area contributed by atoms with E-state index in [1.54, 1.807) is 0 Å². The van der Waals surface area contributed by atoms with Crippen LogP contribution in [0.25, 0.3) is 0 Å². The molecule has 3 rings (SSSR count). The Kier molecular flexibility index (Phi) is 7.24. The molecule has 0 saturated heterocycles. The highest BCUT2D eigenvalue weighted by atomic mass is 15.1. The average Bonchev–Trinajstić information content (AvgIpc) is 2.66. The van der Waals surface area contributed by atoms with Crippen LogP contribution in [0.5, 0.6) is 0 Å². The first-order valence-corrected chi connectivity index (χ1v) is 9.93. The van der Waals surface area contributed by atoms with Gasteiger partial charge in [0.15, 0.2) is 0 Å². The number of benzene rings is 3. The summed E-state index contributed by atoms with van der Waals surface area (Å²) in [5, 5.41) is 0. The van der Waals surface area contributed by atoms with E-state index in [1.807, 2.05) is 13.8 Å². The molecule has 0 radical (unpaired) electrons. The third-order valence-corrected chi connectivity index (χ3v) is 4.24. The zero-order chi connectivity index (χ0) is 19.9. The van der Waals surface area contributed by atoms with Crippen molar-refractivity contribution in [1.82, 2.24) is 0 Å². The van der Waals surface area contributed by atoms with E-state index in [1.165, 1.54) is 28.2 Å². The van der Waals surface area contributed by atoms with Gasteiger partial charge >= 0.3 is 0 Å². The van der Waals surface area contributed by atoms with Crippen molar-refractivity contribution in [1.29, 1.82) is 0 Å². The van der Waals surface area contributed by atoms with Crippen LogP contribution in [0.3, 0.4) is 0 Å². The molecule has 0 aliphatic carbocycles. The standard InChI is InChI=1S/C24H27N.C2H6/c1-19-10-14-22(15-11-19)25(21-8-6-5-7-9-21)23-16-12-20(13-17-23)18-24(2,3)4;1-2/h5-17H,18H2,1-4H3;1-2H3. The Morgan fingerprint density at radius 3 is 1.56 bits per heavy atom. The summed E-state index contributed by atoms with van der Waals surface area (Å²) in [6.07, 6.45) is 1.09. The molecule has 0 saturated carbocycles. The smallest absolute Gasteiger partial charge is 0.0461 e. The number of aryl methyl sites for hydroxylation is 1. The number of anilines is 3. The minimum Gasteiger partial charge on any atom is -0.311 e. The van der Waals surface area contributed by atoms with Gasteiger partial charge in [-0.05, 0) is 60.7 Å². The number of para-hydroxylation sites is 1. The van der Waals surface area contributed by atoms with Gasteiger partial charge in [0, 0.05) is 17.1 Å². The third-order valence-electron chi connectivity index (χ3n) is 4.24. The summed E-state index contributed by atoms with van der Waals surface area (Å²) in [6, 6.07) is 28.2. The summed E-state index contributed by atoms with van der Waals surface area (Å²) >= 11 is 0. The fourth-order valence-electron chi connectivity index (χ4n) is 3.09. The van der Waals surface area contributed by atoms with Crippen LogP contribution in [0, 0.1) is 12.3 Å². The normalized spacial score (nSPS) is 10.7. The largest absolute Gasteiger partial charge is 0.311 e. The molecule has 0 unspecified atom stereocenters. The van der Waals surface area contributed by atoms with Gasteiger partial charge in [0.2, 0.25) is 0 Å². The fraction of sp³-hybridized carbons (Fsp3) is 0.308. The van der Waals surface area contributed by atoms with Crippen LogP contribution in [-0.2, 0) is 6.42 Å². The van der Waals surface area contributed by atoms with Gasteiger partial charge in [-0.2, -0.15) is 0 Å². The lowest BCUT2D eigenvalue weighted by Gasteiger charge is -2.26. The van der Waals surface area contributed by atoms with E-state index >= 15 is 0 Å². The lowest BCUT2D eigenvalue weighted by molar-refractivity contribution is 0.411. The van der Waals surface area contributed by atoms with Crippen molar-refractivity contribution >= 4 is 17.1 Å². The summed E-state index contributed by atoms with van der Waals surface area (Å²) in [4.78, 5) is 2.31. The predicted molar refractivity (Wildman–Crippen MR) is 120 cm³/mol. The molecule has 0 aliphatic heterocycles. The summed E-state index contributed by atoms with van der Waals surface area (Å²) in [7, 11) is 0. The first-order valence-electron chi connectivity index (χ1n) is 9.93. The molecule has 0 aliphatic rings. The first-order chi connectivity index (χ1) is 12.9. The summed E-state index contributed by atoms with van der Waals surface area (Å²) in [6.45, 7) is 13.0. The number of hydrogen-bond acceptors (Lipinski definition) is 1. The molecule has 3 aromatic carbocycles. The Morgan fingerprint density at radius 1 is 0.630 bits per heavy atom. The number of nitrogens with zero attached hydrogens (tertiary/aromatic N) is 1. The maximum atomic E-state index is 2.31. The molecule has 0 fully saturated rings. The van der Waals surface area contributed by atoms with Gasteiger partial charge in [-0.3, -0.25) is 0 Å². The van der Waals surface area contributed by atoms with Gasteiger partial charge in [0.05, 0.1) is 0 Å². The van der Waals surface area contributed by atoms with Gasteiger partial charge < -0.3 is 4.90 Å². The molecular weight excluding hydrogens is 326 g/mol. The van der Waals surface area contributed by atoms with E-state index in [0.29, 0.717) is 5.41 Å². The fourth-order valence-corrected chi connectivity index (χ4v) is 3.09. The van der Waals surface area contributed by atoms with E-state index in [2.05, 4.69) is 111 Å². The van der Waals surface area contributed by atoms with E-state index in [9.17, 15) is 0 Å². The first kappa shape index (κ1) is 20.8. The average molecular weight is 360 g/mol. The molecule has 142 valence electrons. The van der Waals surface area contributed by atoms with Crippen molar-refractivity contribution in [2.24, 2.45) is 5.41 Å². The monoisotopic (exact) mass is 359 g/mol. The molecule has 0 aromatic heterocycles. The Hall–Kier alpha value is -2.54. The Labute approximate surface area is 165 Å². The predicted octanol–water partition coefficient (Wildman–Crippen LogP) is 8.08. The van der Waals surface area contributed by atoms with Crippen LogP contribution in [0.1, 0.15) is 45.7 Å². The molecule has 0 bridgehead atoms. The van der Waals surface area contributed by atoms with Gasteiger partial charge in [-0.15, -0.1) is 0 Å². The van der Waals surface area contributed by atoms with Crippen LogP contribution in [0.2, 0.25) is 0 Å². The van der Waals surface area contributed by atoms with Gasteiger partial charge in [-0.25, -0.2) is 0 Å². The van der Waals surface area contributed by atoms with Crippen LogP contribution < -0.4 is 4.90 Å². The highest BCUT2D eigenvalue weighted by molar-refractivity contribution is 5.76. The highest BCUT2D eigenvalue weighted by Gasteiger charge is 2.14. The molecule has 0 heterocycles. The van der Waals surface area contributed by atoms with Crippen molar-refractivity contribution in [3.63, 3.8) is 0 Å². The maximum absolute atomic E-state index is 2.31. The van der Waals surface area contributed by atoms with Crippen molar-refractivity contribution < 1.29 is 0 Å². The minimum absolute atomic E-state index is 0.303. The second-order valence-electron chi connectivity index (χ2n) is 7.91. The van der Waals surface area contributed by atoms with Crippen molar-refractivity contribution in [3.8, 4) is 0 Å². The minimum atomic E-state index is 0.303. The zero-order valence-corrected chi connectivity index (χ0v) is 17.7. The van der Waals surface area contributed by atoms with Crippen LogP contribution >= 0.6 is 0 Å². The maximum Gasteiger partial charge on any atom is 0.0461 e. The van der Waals surface area contributed by atoms with E-state index < -0.39 is 0 Å². The molecule has 1 heteroatoms. The topological polar surface area (TPSA) is 3.24 Å². The summed E-state index contributed by atoms with van der Waals surface area (Å²) < 4.78 is 0.